The molecule has 4 rings (SSSR count). The van der Waals surface area contributed by atoms with Gasteiger partial charge < -0.3 is 4.90 Å². The van der Waals surface area contributed by atoms with Gasteiger partial charge in [-0.05, 0) is 35.4 Å². The van der Waals surface area contributed by atoms with Gasteiger partial charge in [-0.15, -0.1) is 0 Å². The number of rotatable bonds is 5. The summed E-state index contributed by atoms with van der Waals surface area (Å²) in [6.45, 7) is 7.37. The zero-order valence-corrected chi connectivity index (χ0v) is 13.6. The lowest BCUT2D eigenvalue weighted by Gasteiger charge is -2.21. The molecule has 0 spiro atoms. The minimum Gasteiger partial charge on any atom is -0.302 e. The van der Waals surface area contributed by atoms with Crippen LogP contribution in [0, 0.1) is 11.8 Å². The molecule has 0 radical (unpaired) electrons. The van der Waals surface area contributed by atoms with Crippen molar-refractivity contribution in [3.05, 3.63) is 66.0 Å². The van der Waals surface area contributed by atoms with Crippen LogP contribution >= 0.6 is 0 Å². The lowest BCUT2D eigenvalue weighted by molar-refractivity contribution is 0.252. The highest BCUT2D eigenvalue weighted by Crippen LogP contribution is 2.31. The zero-order valence-electron chi connectivity index (χ0n) is 13.6. The number of nitrogens with zero attached hydrogens (tertiary/aromatic N) is 3. The molecule has 3 heterocycles. The summed E-state index contributed by atoms with van der Waals surface area (Å²) in [5.74, 6) is 1.74. The lowest BCUT2D eigenvalue weighted by Crippen LogP contribution is -2.30. The van der Waals surface area contributed by atoms with E-state index in [9.17, 15) is 0 Å². The van der Waals surface area contributed by atoms with E-state index in [0.717, 1.165) is 24.8 Å². The Balaban J connectivity index is 1.25. The second kappa shape index (κ2) is 6.81. The fraction of sp³-hybridized carbons (Fsp3) is 0.450. The lowest BCUT2D eigenvalue weighted by atomic mass is 10.0. The van der Waals surface area contributed by atoms with Crippen LogP contribution in [0.15, 0.2) is 54.9 Å². The van der Waals surface area contributed by atoms with Crippen molar-refractivity contribution < 1.29 is 0 Å². The average molecular weight is 307 g/mol. The van der Waals surface area contributed by atoms with Crippen LogP contribution in [0.25, 0.3) is 0 Å². The van der Waals surface area contributed by atoms with Crippen molar-refractivity contribution in [2.75, 3.05) is 32.7 Å². The Morgan fingerprint density at radius 2 is 1.52 bits per heavy atom. The summed E-state index contributed by atoms with van der Waals surface area (Å²) in [4.78, 5) is 9.51. The highest BCUT2D eigenvalue weighted by molar-refractivity contribution is 5.15. The summed E-state index contributed by atoms with van der Waals surface area (Å²) in [5, 5.41) is 0. The zero-order chi connectivity index (χ0) is 15.5. The molecule has 1 aromatic heterocycles. The van der Waals surface area contributed by atoms with Crippen LogP contribution in [0.4, 0.5) is 0 Å². The molecule has 23 heavy (non-hydrogen) atoms. The molecule has 0 aliphatic carbocycles. The maximum absolute atomic E-state index is 4.21. The summed E-state index contributed by atoms with van der Waals surface area (Å²) in [7, 11) is 0. The molecule has 3 nitrogen and oxygen atoms in total. The first-order valence-corrected chi connectivity index (χ1v) is 8.74. The number of benzene rings is 1. The van der Waals surface area contributed by atoms with Crippen LogP contribution in [-0.4, -0.2) is 47.5 Å². The molecule has 2 fully saturated rings. The van der Waals surface area contributed by atoms with E-state index in [1.807, 2.05) is 18.5 Å². The first-order chi connectivity index (χ1) is 11.4. The molecule has 2 saturated heterocycles. The summed E-state index contributed by atoms with van der Waals surface area (Å²) in [6.07, 6.45) is 4.98. The molecule has 0 unspecified atom stereocenters. The standard InChI is InChI=1S/C20H25N3/c1-2-5-18(6-3-1)12-23-15-19-13-22(14-20(19)16-23)10-8-17-7-4-9-21-11-17/h1-7,9,11,19-20H,8,10,12-16H2/t19-,20+. The van der Waals surface area contributed by atoms with Gasteiger partial charge in [-0.1, -0.05) is 36.4 Å². The first kappa shape index (κ1) is 14.9. The number of hydrogen-bond donors (Lipinski definition) is 0. The van der Waals surface area contributed by atoms with E-state index in [0.29, 0.717) is 0 Å². The molecule has 3 heteroatoms. The third-order valence-corrected chi connectivity index (χ3v) is 5.33. The molecule has 2 atom stereocenters. The van der Waals surface area contributed by atoms with Crippen LogP contribution in [0.5, 0.6) is 0 Å². The first-order valence-electron chi connectivity index (χ1n) is 8.74. The molecule has 120 valence electrons. The molecule has 2 aliphatic rings. The summed E-state index contributed by atoms with van der Waals surface area (Å²) < 4.78 is 0. The van der Waals surface area contributed by atoms with Gasteiger partial charge in [-0.2, -0.15) is 0 Å². The van der Waals surface area contributed by atoms with Gasteiger partial charge >= 0.3 is 0 Å². The summed E-state index contributed by atoms with van der Waals surface area (Å²) in [5.41, 5.74) is 2.80. The van der Waals surface area contributed by atoms with Crippen LogP contribution in [0.2, 0.25) is 0 Å². The largest absolute Gasteiger partial charge is 0.302 e. The van der Waals surface area contributed by atoms with Crippen molar-refractivity contribution in [1.29, 1.82) is 0 Å². The van der Waals surface area contributed by atoms with Gasteiger partial charge in [0.2, 0.25) is 0 Å². The van der Waals surface area contributed by atoms with Crippen molar-refractivity contribution in [1.82, 2.24) is 14.8 Å². The van der Waals surface area contributed by atoms with Crippen molar-refractivity contribution in [3.8, 4) is 0 Å². The van der Waals surface area contributed by atoms with Crippen LogP contribution in [0.1, 0.15) is 11.1 Å². The molecule has 2 aromatic rings. The van der Waals surface area contributed by atoms with Crippen molar-refractivity contribution in [2.24, 2.45) is 11.8 Å². The third kappa shape index (κ3) is 3.62. The van der Waals surface area contributed by atoms with Gasteiger partial charge in [0.1, 0.15) is 0 Å². The smallest absolute Gasteiger partial charge is 0.0300 e. The summed E-state index contributed by atoms with van der Waals surface area (Å²) >= 11 is 0. The van der Waals surface area contributed by atoms with E-state index in [4.69, 9.17) is 0 Å². The Hall–Kier alpha value is -1.71. The highest BCUT2D eigenvalue weighted by atomic mass is 15.2. The normalized spacial score (nSPS) is 24.9. The van der Waals surface area contributed by atoms with Gasteiger partial charge in [-0.25, -0.2) is 0 Å². The van der Waals surface area contributed by atoms with Crippen molar-refractivity contribution in [3.63, 3.8) is 0 Å². The van der Waals surface area contributed by atoms with Crippen molar-refractivity contribution >= 4 is 0 Å². The monoisotopic (exact) mass is 307 g/mol. The third-order valence-electron chi connectivity index (χ3n) is 5.33. The highest BCUT2D eigenvalue weighted by Gasteiger charge is 2.39. The Labute approximate surface area is 139 Å². The molecule has 0 bridgehead atoms. The van der Waals surface area contributed by atoms with E-state index < -0.39 is 0 Å². The topological polar surface area (TPSA) is 19.4 Å². The Bertz CT molecular complexity index is 599. The number of aromatic nitrogens is 1. The van der Waals surface area contributed by atoms with Gasteiger partial charge in [0, 0.05) is 51.7 Å². The maximum atomic E-state index is 4.21. The number of likely N-dealkylation sites (tertiary alicyclic amines) is 2. The van der Waals surface area contributed by atoms with E-state index in [1.165, 1.54) is 43.9 Å². The van der Waals surface area contributed by atoms with Gasteiger partial charge in [-0.3, -0.25) is 9.88 Å². The molecule has 0 amide bonds. The summed E-state index contributed by atoms with van der Waals surface area (Å²) in [6, 6.07) is 15.1. The van der Waals surface area contributed by atoms with E-state index >= 15 is 0 Å². The maximum Gasteiger partial charge on any atom is 0.0300 e. The van der Waals surface area contributed by atoms with Crippen LogP contribution in [0.3, 0.4) is 0 Å². The van der Waals surface area contributed by atoms with Crippen LogP contribution < -0.4 is 0 Å². The number of hydrogen-bond acceptors (Lipinski definition) is 3. The van der Waals surface area contributed by atoms with Gasteiger partial charge in [0.15, 0.2) is 0 Å². The molecular formula is C20H25N3. The molecule has 1 aromatic carbocycles. The SMILES string of the molecule is c1ccc(CN2C[C@H]3CN(CCc4cccnc4)C[C@H]3C2)cc1. The van der Waals surface area contributed by atoms with Gasteiger partial charge in [0.25, 0.3) is 0 Å². The quantitative estimate of drug-likeness (QED) is 0.846. The predicted molar refractivity (Wildman–Crippen MR) is 93.1 cm³/mol. The fourth-order valence-corrected chi connectivity index (χ4v) is 4.17. The van der Waals surface area contributed by atoms with Crippen LogP contribution in [-0.2, 0) is 13.0 Å². The number of fused-ring (bicyclic) bond motifs is 1. The van der Waals surface area contributed by atoms with Crippen molar-refractivity contribution in [2.45, 2.75) is 13.0 Å². The van der Waals surface area contributed by atoms with E-state index in [2.05, 4.69) is 51.2 Å². The Morgan fingerprint density at radius 3 is 2.22 bits per heavy atom. The predicted octanol–water partition coefficient (Wildman–Crippen LogP) is 2.69. The number of pyridine rings is 1. The van der Waals surface area contributed by atoms with E-state index in [-0.39, 0.29) is 0 Å². The fourth-order valence-electron chi connectivity index (χ4n) is 4.17. The van der Waals surface area contributed by atoms with E-state index in [1.54, 1.807) is 0 Å². The Morgan fingerprint density at radius 1 is 0.826 bits per heavy atom. The molecule has 2 aliphatic heterocycles. The molecule has 0 saturated carbocycles. The minimum atomic E-state index is 0.868. The molecule has 0 N–H and O–H groups in total. The minimum absolute atomic E-state index is 0.868. The average Bonchev–Trinajstić information content (AvgIpc) is 3.13. The van der Waals surface area contributed by atoms with Gasteiger partial charge in [0.05, 0.1) is 0 Å². The second-order valence-corrected chi connectivity index (χ2v) is 7.07. The second-order valence-electron chi connectivity index (χ2n) is 7.07. The Kier molecular flexibility index (Phi) is 4.40. The molecular weight excluding hydrogens is 282 g/mol.